The second-order valence-electron chi connectivity index (χ2n) is 7.42. The van der Waals surface area contributed by atoms with E-state index in [4.69, 9.17) is 26.2 Å². The van der Waals surface area contributed by atoms with E-state index in [0.717, 1.165) is 5.56 Å². The van der Waals surface area contributed by atoms with Crippen molar-refractivity contribution in [2.45, 2.75) is 52.1 Å². The number of ether oxygens (including phenoxy) is 1. The number of benzene rings is 1. The highest BCUT2D eigenvalue weighted by Gasteiger charge is 2.38. The van der Waals surface area contributed by atoms with Gasteiger partial charge >= 0.3 is 18.2 Å². The van der Waals surface area contributed by atoms with Gasteiger partial charge in [0.2, 0.25) is 5.91 Å². The molecule has 0 aliphatic carbocycles. The highest BCUT2D eigenvalue weighted by Crippen LogP contribution is 2.19. The van der Waals surface area contributed by atoms with E-state index in [-0.39, 0.29) is 12.5 Å². The summed E-state index contributed by atoms with van der Waals surface area (Å²) >= 11 is 6.04. The van der Waals surface area contributed by atoms with E-state index >= 15 is 0 Å². The molecule has 0 bridgehead atoms. The standard InChI is InChI=1S/C16H21ClN6O3.C2HF3O2/c1-10(20-15(25)26-16(2,3)4)14(24)18-8-11-7-12(17)5-6-13(11)23-9-19-21-22-23;3-2(4,5)1(6)7/h5-7,9-10H,8H2,1-4H3,(H,18,24)(H,20,25);(H,6,7)/t10-;/m0./s1. The van der Waals surface area contributed by atoms with Crippen molar-refractivity contribution < 1.29 is 37.4 Å². The summed E-state index contributed by atoms with van der Waals surface area (Å²) in [5.74, 6) is -3.12. The summed E-state index contributed by atoms with van der Waals surface area (Å²) < 4.78 is 38.3. The number of aliphatic carboxylic acids is 1. The molecule has 1 heterocycles. The summed E-state index contributed by atoms with van der Waals surface area (Å²) in [4.78, 5) is 32.9. The van der Waals surface area contributed by atoms with E-state index in [1.807, 2.05) is 0 Å². The first-order valence-corrected chi connectivity index (χ1v) is 9.57. The van der Waals surface area contributed by atoms with Crippen LogP contribution in [0.3, 0.4) is 0 Å². The summed E-state index contributed by atoms with van der Waals surface area (Å²) in [6.45, 7) is 7.00. The molecular formula is C18H22ClF3N6O5. The molecule has 2 rings (SSSR count). The highest BCUT2D eigenvalue weighted by atomic mass is 35.5. The van der Waals surface area contributed by atoms with E-state index in [1.165, 1.54) is 11.0 Å². The number of halogens is 4. The number of tetrazole rings is 1. The van der Waals surface area contributed by atoms with Crippen LogP contribution in [0.5, 0.6) is 0 Å². The smallest absolute Gasteiger partial charge is 0.475 e. The second kappa shape index (κ2) is 11.4. The van der Waals surface area contributed by atoms with Gasteiger partial charge in [0.05, 0.1) is 5.69 Å². The Hall–Kier alpha value is -3.42. The fraction of sp³-hybridized carbons (Fsp3) is 0.444. The van der Waals surface area contributed by atoms with Crippen molar-refractivity contribution >= 4 is 29.6 Å². The predicted octanol–water partition coefficient (Wildman–Crippen LogP) is 2.48. The van der Waals surface area contributed by atoms with Gasteiger partial charge in [-0.2, -0.15) is 13.2 Å². The van der Waals surface area contributed by atoms with E-state index in [1.54, 1.807) is 45.9 Å². The molecule has 0 aliphatic rings. The van der Waals surface area contributed by atoms with Gasteiger partial charge < -0.3 is 20.5 Å². The number of aromatic nitrogens is 4. The lowest BCUT2D eigenvalue weighted by Gasteiger charge is -2.21. The van der Waals surface area contributed by atoms with Crippen LogP contribution >= 0.6 is 11.6 Å². The number of nitrogens with one attached hydrogen (secondary N) is 2. The van der Waals surface area contributed by atoms with Crippen LogP contribution in [0.1, 0.15) is 33.3 Å². The van der Waals surface area contributed by atoms with Crippen LogP contribution < -0.4 is 10.6 Å². The lowest BCUT2D eigenvalue weighted by molar-refractivity contribution is -0.192. The van der Waals surface area contributed by atoms with Crippen molar-refractivity contribution in [3.63, 3.8) is 0 Å². The molecule has 15 heteroatoms. The lowest BCUT2D eigenvalue weighted by atomic mass is 10.1. The quantitative estimate of drug-likeness (QED) is 0.574. The SMILES string of the molecule is C[C@H](NC(=O)OC(C)(C)C)C(=O)NCc1cc(Cl)ccc1-n1cnnn1.O=C(O)C(F)(F)F. The van der Waals surface area contributed by atoms with Gasteiger partial charge in [-0.25, -0.2) is 14.3 Å². The Morgan fingerprint density at radius 1 is 1.24 bits per heavy atom. The monoisotopic (exact) mass is 494 g/mol. The second-order valence-corrected chi connectivity index (χ2v) is 7.85. The minimum Gasteiger partial charge on any atom is -0.475 e. The van der Waals surface area contributed by atoms with E-state index < -0.39 is 29.9 Å². The van der Waals surface area contributed by atoms with Gasteiger partial charge in [0.15, 0.2) is 0 Å². The first-order valence-electron chi connectivity index (χ1n) is 9.19. The normalized spacial score (nSPS) is 12.1. The van der Waals surface area contributed by atoms with Crippen molar-refractivity contribution in [2.24, 2.45) is 0 Å². The lowest BCUT2D eigenvalue weighted by Crippen LogP contribution is -2.46. The molecule has 182 valence electrons. The zero-order valence-corrected chi connectivity index (χ0v) is 18.7. The minimum absolute atomic E-state index is 0.189. The van der Waals surface area contributed by atoms with Crippen LogP contribution in [0.15, 0.2) is 24.5 Å². The maximum Gasteiger partial charge on any atom is 0.490 e. The number of carbonyl (C=O) groups excluding carboxylic acids is 2. The average molecular weight is 495 g/mol. The molecular weight excluding hydrogens is 473 g/mol. The maximum absolute atomic E-state index is 12.2. The number of nitrogens with zero attached hydrogens (tertiary/aromatic N) is 4. The van der Waals surface area contributed by atoms with Crippen LogP contribution in [0.4, 0.5) is 18.0 Å². The molecule has 1 atom stereocenters. The third-order valence-corrected chi connectivity index (χ3v) is 3.69. The fourth-order valence-corrected chi connectivity index (χ4v) is 2.27. The zero-order valence-electron chi connectivity index (χ0n) is 18.0. The zero-order chi connectivity index (χ0) is 25.4. The maximum atomic E-state index is 12.2. The van der Waals surface area contributed by atoms with E-state index in [9.17, 15) is 22.8 Å². The van der Waals surface area contributed by atoms with Crippen molar-refractivity contribution in [1.82, 2.24) is 30.8 Å². The van der Waals surface area contributed by atoms with Crippen molar-refractivity contribution in [3.05, 3.63) is 35.1 Å². The van der Waals surface area contributed by atoms with Gasteiger partial charge in [0.25, 0.3) is 0 Å². The number of rotatable bonds is 5. The van der Waals surface area contributed by atoms with Crippen LogP contribution in [0, 0.1) is 0 Å². The van der Waals surface area contributed by atoms with Gasteiger partial charge in [0, 0.05) is 11.6 Å². The van der Waals surface area contributed by atoms with Crippen molar-refractivity contribution in [1.29, 1.82) is 0 Å². The first kappa shape index (κ1) is 27.6. The number of hydrogen-bond acceptors (Lipinski definition) is 7. The molecule has 11 nitrogen and oxygen atoms in total. The summed E-state index contributed by atoms with van der Waals surface area (Å²) in [7, 11) is 0. The van der Waals surface area contributed by atoms with Crippen LogP contribution in [0.25, 0.3) is 5.69 Å². The van der Waals surface area contributed by atoms with E-state index in [2.05, 4.69) is 26.2 Å². The Kier molecular flexibility index (Phi) is 9.58. The molecule has 2 amide bonds. The Bertz CT molecular complexity index is 963. The molecule has 0 radical (unpaired) electrons. The molecule has 1 aromatic heterocycles. The molecule has 0 spiro atoms. The van der Waals surface area contributed by atoms with Gasteiger partial charge in [-0.05, 0) is 61.9 Å². The molecule has 0 saturated carbocycles. The molecule has 0 fully saturated rings. The Morgan fingerprint density at radius 2 is 1.85 bits per heavy atom. The Morgan fingerprint density at radius 3 is 2.33 bits per heavy atom. The number of alkyl carbamates (subject to hydrolysis) is 1. The number of hydrogen-bond donors (Lipinski definition) is 3. The molecule has 0 aliphatic heterocycles. The largest absolute Gasteiger partial charge is 0.490 e. The molecule has 0 saturated heterocycles. The fourth-order valence-electron chi connectivity index (χ4n) is 2.08. The summed E-state index contributed by atoms with van der Waals surface area (Å²) in [6, 6.07) is 4.41. The number of alkyl halides is 3. The number of carbonyl (C=O) groups is 3. The van der Waals surface area contributed by atoms with Crippen molar-refractivity contribution in [2.75, 3.05) is 0 Å². The van der Waals surface area contributed by atoms with E-state index in [0.29, 0.717) is 10.7 Å². The summed E-state index contributed by atoms with van der Waals surface area (Å²) in [5.41, 5.74) is 0.775. The molecule has 1 aromatic carbocycles. The van der Waals surface area contributed by atoms with Gasteiger partial charge in [-0.1, -0.05) is 11.6 Å². The Balaban J connectivity index is 0.000000675. The molecule has 3 N–H and O–H groups in total. The van der Waals surface area contributed by atoms with Gasteiger partial charge in [-0.3, -0.25) is 4.79 Å². The predicted molar refractivity (Wildman–Crippen MR) is 109 cm³/mol. The third-order valence-electron chi connectivity index (χ3n) is 3.46. The molecule has 2 aromatic rings. The van der Waals surface area contributed by atoms with Gasteiger partial charge in [-0.15, -0.1) is 5.10 Å². The average Bonchev–Trinajstić information content (AvgIpc) is 3.18. The minimum atomic E-state index is -5.08. The van der Waals surface area contributed by atoms with Crippen LogP contribution in [-0.2, 0) is 20.9 Å². The summed E-state index contributed by atoms with van der Waals surface area (Å²) in [5, 5.41) is 23.9. The topological polar surface area (TPSA) is 148 Å². The third kappa shape index (κ3) is 10.2. The Labute approximate surface area is 191 Å². The molecule has 0 unspecified atom stereocenters. The van der Waals surface area contributed by atoms with Crippen molar-refractivity contribution in [3.8, 4) is 5.69 Å². The first-order chi connectivity index (χ1) is 15.1. The van der Waals surface area contributed by atoms with Crippen LogP contribution in [0.2, 0.25) is 5.02 Å². The highest BCUT2D eigenvalue weighted by molar-refractivity contribution is 6.30. The van der Waals surface area contributed by atoms with Crippen LogP contribution in [-0.4, -0.2) is 61.1 Å². The number of carboxylic acid groups (broad SMARTS) is 1. The number of amides is 2. The summed E-state index contributed by atoms with van der Waals surface area (Å²) in [6.07, 6.45) is -4.29. The molecule has 33 heavy (non-hydrogen) atoms. The number of carboxylic acids is 1. The van der Waals surface area contributed by atoms with Gasteiger partial charge in [0.1, 0.15) is 18.0 Å².